The van der Waals surface area contributed by atoms with Crippen LogP contribution in [0.3, 0.4) is 0 Å². The van der Waals surface area contributed by atoms with Gasteiger partial charge in [-0.3, -0.25) is 4.98 Å². The van der Waals surface area contributed by atoms with E-state index in [1.807, 2.05) is 6.07 Å². The quantitative estimate of drug-likeness (QED) is 0.825. The summed E-state index contributed by atoms with van der Waals surface area (Å²) in [6.45, 7) is 3.00. The van der Waals surface area contributed by atoms with Gasteiger partial charge in [0.15, 0.2) is 0 Å². The smallest absolute Gasteiger partial charge is 0.0705 e. The number of para-hydroxylation sites is 1. The third kappa shape index (κ3) is 3.80. The van der Waals surface area contributed by atoms with E-state index >= 15 is 0 Å². The molecule has 1 N–H and O–H groups in total. The molecule has 0 atom stereocenters. The van der Waals surface area contributed by atoms with Crippen molar-refractivity contribution in [3.63, 3.8) is 0 Å². The summed E-state index contributed by atoms with van der Waals surface area (Å²) in [5.41, 5.74) is 2.21. The van der Waals surface area contributed by atoms with Gasteiger partial charge in [0.1, 0.15) is 0 Å². The van der Waals surface area contributed by atoms with Gasteiger partial charge in [-0.05, 0) is 32.0 Å². The van der Waals surface area contributed by atoms with Crippen LogP contribution in [-0.2, 0) is 6.54 Å². The first-order valence-corrected chi connectivity index (χ1v) is 8.08. The lowest BCUT2D eigenvalue weighted by Crippen LogP contribution is -2.35. The molecule has 3 nitrogen and oxygen atoms in total. The van der Waals surface area contributed by atoms with Crippen LogP contribution in [0, 0.1) is 0 Å². The Hall–Kier alpha value is -1.45. The van der Waals surface area contributed by atoms with E-state index in [0.29, 0.717) is 0 Å². The van der Waals surface area contributed by atoms with Gasteiger partial charge in [-0.25, -0.2) is 0 Å². The highest BCUT2D eigenvalue weighted by Gasteiger charge is 2.18. The van der Waals surface area contributed by atoms with Crippen molar-refractivity contribution in [3.8, 4) is 0 Å². The van der Waals surface area contributed by atoms with Gasteiger partial charge in [-0.1, -0.05) is 37.1 Å². The van der Waals surface area contributed by atoms with Crippen LogP contribution in [0.15, 0.2) is 36.4 Å². The van der Waals surface area contributed by atoms with Crippen LogP contribution in [0.2, 0.25) is 0 Å². The molecule has 1 aromatic carbocycles. The number of rotatable bonds is 6. The van der Waals surface area contributed by atoms with E-state index in [-0.39, 0.29) is 0 Å². The second-order valence-electron chi connectivity index (χ2n) is 6.09. The Morgan fingerprint density at radius 2 is 1.95 bits per heavy atom. The fraction of sp³-hybridized carbons (Fsp3) is 0.500. The Morgan fingerprint density at radius 1 is 1.14 bits per heavy atom. The number of likely N-dealkylation sites (N-methyl/N-ethyl adjacent to an activating group) is 1. The van der Waals surface area contributed by atoms with E-state index < -0.39 is 0 Å². The monoisotopic (exact) mass is 283 g/mol. The molecule has 0 amide bonds. The maximum Gasteiger partial charge on any atom is 0.0705 e. The first-order valence-electron chi connectivity index (χ1n) is 8.08. The molecule has 1 aliphatic rings. The molecule has 1 saturated carbocycles. The minimum absolute atomic E-state index is 0.811. The van der Waals surface area contributed by atoms with Crippen LogP contribution in [0.25, 0.3) is 10.9 Å². The van der Waals surface area contributed by atoms with Gasteiger partial charge in [-0.15, -0.1) is 0 Å². The first-order chi connectivity index (χ1) is 10.3. The maximum atomic E-state index is 4.69. The molecule has 3 heteroatoms. The Morgan fingerprint density at radius 3 is 2.81 bits per heavy atom. The lowest BCUT2D eigenvalue weighted by Gasteiger charge is -2.23. The average molecular weight is 283 g/mol. The van der Waals surface area contributed by atoms with Gasteiger partial charge in [0.05, 0.1) is 11.2 Å². The largest absolute Gasteiger partial charge is 0.310 e. The fourth-order valence-corrected chi connectivity index (χ4v) is 3.21. The molecule has 0 spiro atoms. The average Bonchev–Trinajstić information content (AvgIpc) is 3.06. The third-order valence-electron chi connectivity index (χ3n) is 4.55. The summed E-state index contributed by atoms with van der Waals surface area (Å²) in [5, 5.41) is 4.73. The lowest BCUT2D eigenvalue weighted by molar-refractivity contribution is 0.245. The van der Waals surface area contributed by atoms with Crippen molar-refractivity contribution in [1.29, 1.82) is 0 Å². The maximum absolute atomic E-state index is 4.69. The molecule has 1 aliphatic carbocycles. The number of pyridine rings is 1. The number of benzene rings is 1. The number of nitrogens with zero attached hydrogens (tertiary/aromatic N) is 2. The first kappa shape index (κ1) is 14.5. The molecule has 0 bridgehead atoms. The molecule has 1 fully saturated rings. The van der Waals surface area contributed by atoms with Gasteiger partial charge < -0.3 is 10.2 Å². The summed E-state index contributed by atoms with van der Waals surface area (Å²) in [5.74, 6) is 0. The molecular weight excluding hydrogens is 258 g/mol. The van der Waals surface area contributed by atoms with Crippen LogP contribution in [0.4, 0.5) is 0 Å². The van der Waals surface area contributed by atoms with Gasteiger partial charge >= 0.3 is 0 Å². The van der Waals surface area contributed by atoms with Crippen molar-refractivity contribution < 1.29 is 0 Å². The second kappa shape index (κ2) is 7.01. The molecule has 0 aliphatic heterocycles. The predicted molar refractivity (Wildman–Crippen MR) is 88.3 cm³/mol. The number of nitrogens with one attached hydrogen (secondary N) is 1. The summed E-state index contributed by atoms with van der Waals surface area (Å²) in [6, 6.07) is 13.4. The molecule has 0 radical (unpaired) electrons. The second-order valence-corrected chi connectivity index (χ2v) is 6.09. The van der Waals surface area contributed by atoms with E-state index in [1.165, 1.54) is 31.1 Å². The minimum Gasteiger partial charge on any atom is -0.310 e. The zero-order valence-electron chi connectivity index (χ0n) is 12.9. The van der Waals surface area contributed by atoms with E-state index in [2.05, 4.69) is 47.6 Å². The van der Waals surface area contributed by atoms with Gasteiger partial charge in [-0.2, -0.15) is 0 Å². The number of aromatic nitrogens is 1. The molecule has 0 unspecified atom stereocenters. The Balaban J connectivity index is 1.45. The van der Waals surface area contributed by atoms with Crippen molar-refractivity contribution in [1.82, 2.24) is 15.2 Å². The molecule has 1 heterocycles. The van der Waals surface area contributed by atoms with Crippen molar-refractivity contribution in [2.24, 2.45) is 0 Å². The van der Waals surface area contributed by atoms with Gasteiger partial charge in [0.25, 0.3) is 0 Å². The molecular formula is C18H25N3. The normalized spacial score (nSPS) is 16.1. The summed E-state index contributed by atoms with van der Waals surface area (Å²) in [7, 11) is 2.26. The molecule has 0 saturated heterocycles. The van der Waals surface area contributed by atoms with Crippen molar-refractivity contribution in [2.75, 3.05) is 20.1 Å². The van der Waals surface area contributed by atoms with Crippen molar-refractivity contribution in [2.45, 2.75) is 38.3 Å². The summed E-state index contributed by atoms with van der Waals surface area (Å²) in [6.07, 6.45) is 5.57. The van der Waals surface area contributed by atoms with Gasteiger partial charge in [0, 0.05) is 31.1 Å². The highest BCUT2D eigenvalue weighted by Crippen LogP contribution is 2.21. The third-order valence-corrected chi connectivity index (χ3v) is 4.55. The number of hydrogen-bond donors (Lipinski definition) is 1. The standard InChI is InChI=1S/C18H25N3/c1-21(17-7-3-4-8-17)13-12-19-14-16-11-10-15-6-2-5-9-18(15)20-16/h2,5-6,9-11,17,19H,3-4,7-8,12-14H2,1H3. The molecule has 1 aromatic heterocycles. The summed E-state index contributed by atoms with van der Waals surface area (Å²) >= 11 is 0. The summed E-state index contributed by atoms with van der Waals surface area (Å²) < 4.78 is 0. The van der Waals surface area contributed by atoms with Crippen molar-refractivity contribution in [3.05, 3.63) is 42.1 Å². The molecule has 2 aromatic rings. The SMILES string of the molecule is CN(CCNCc1ccc2ccccc2n1)C1CCCC1. The van der Waals surface area contributed by atoms with Crippen LogP contribution >= 0.6 is 0 Å². The zero-order chi connectivity index (χ0) is 14.5. The van der Waals surface area contributed by atoms with E-state index in [1.54, 1.807) is 0 Å². The topological polar surface area (TPSA) is 28.2 Å². The fourth-order valence-electron chi connectivity index (χ4n) is 3.21. The predicted octanol–water partition coefficient (Wildman–Crippen LogP) is 3.20. The highest BCUT2D eigenvalue weighted by atomic mass is 15.1. The van der Waals surface area contributed by atoms with Crippen LogP contribution in [-0.4, -0.2) is 36.1 Å². The number of hydrogen-bond acceptors (Lipinski definition) is 3. The number of fused-ring (bicyclic) bond motifs is 1. The van der Waals surface area contributed by atoms with Crippen LogP contribution in [0.1, 0.15) is 31.4 Å². The molecule has 112 valence electrons. The minimum atomic E-state index is 0.811. The van der Waals surface area contributed by atoms with Crippen LogP contribution in [0.5, 0.6) is 0 Å². The van der Waals surface area contributed by atoms with E-state index in [4.69, 9.17) is 4.98 Å². The van der Waals surface area contributed by atoms with E-state index in [9.17, 15) is 0 Å². The van der Waals surface area contributed by atoms with E-state index in [0.717, 1.165) is 36.9 Å². The Labute approximate surface area is 127 Å². The summed E-state index contributed by atoms with van der Waals surface area (Å²) in [4.78, 5) is 7.20. The lowest BCUT2D eigenvalue weighted by atomic mass is 10.2. The highest BCUT2D eigenvalue weighted by molar-refractivity contribution is 5.78. The van der Waals surface area contributed by atoms with Gasteiger partial charge in [0.2, 0.25) is 0 Å². The molecule has 21 heavy (non-hydrogen) atoms. The zero-order valence-corrected chi connectivity index (χ0v) is 12.9. The van der Waals surface area contributed by atoms with Crippen LogP contribution < -0.4 is 5.32 Å². The Bertz CT molecular complexity index is 575. The van der Waals surface area contributed by atoms with Crippen molar-refractivity contribution >= 4 is 10.9 Å². The Kier molecular flexibility index (Phi) is 4.84. The molecule has 3 rings (SSSR count).